The van der Waals surface area contributed by atoms with Crippen molar-refractivity contribution in [2.75, 3.05) is 11.9 Å². The van der Waals surface area contributed by atoms with Gasteiger partial charge in [-0.2, -0.15) is 0 Å². The lowest BCUT2D eigenvalue weighted by Gasteiger charge is -2.10. The molecule has 0 spiro atoms. The van der Waals surface area contributed by atoms with Crippen molar-refractivity contribution in [3.05, 3.63) is 28.3 Å². The molecule has 0 aliphatic rings. The number of nitrogens with zero attached hydrogens (tertiary/aromatic N) is 1. The number of anilines is 1. The van der Waals surface area contributed by atoms with E-state index >= 15 is 0 Å². The van der Waals surface area contributed by atoms with E-state index in [0.29, 0.717) is 0 Å². The third-order valence-corrected chi connectivity index (χ3v) is 3.72. The fourth-order valence-electron chi connectivity index (χ4n) is 1.54. The first-order valence-electron chi connectivity index (χ1n) is 5.91. The van der Waals surface area contributed by atoms with Crippen LogP contribution in [-0.2, 0) is 14.8 Å². The molecule has 0 bridgehead atoms. The highest BCUT2D eigenvalue weighted by molar-refractivity contribution is 7.89. The summed E-state index contributed by atoms with van der Waals surface area (Å²) in [6.07, 6.45) is 0.267. The second-order valence-corrected chi connectivity index (χ2v) is 6.00. The zero-order chi connectivity index (χ0) is 16.2. The molecule has 0 aliphatic heterocycles. The van der Waals surface area contributed by atoms with Crippen molar-refractivity contribution >= 4 is 27.4 Å². The molecule has 1 atom stereocenters. The highest BCUT2D eigenvalue weighted by Gasteiger charge is 2.19. The van der Waals surface area contributed by atoms with Gasteiger partial charge in [-0.3, -0.25) is 14.9 Å². The Kier molecular flexibility index (Phi) is 5.22. The minimum absolute atomic E-state index is 0.102. The molecule has 0 saturated carbocycles. The summed E-state index contributed by atoms with van der Waals surface area (Å²) in [7, 11) is -4.03. The lowest BCUT2D eigenvalue weighted by Crippen LogP contribution is -2.15. The largest absolute Gasteiger partial charge is 0.481 e. The first-order valence-corrected chi connectivity index (χ1v) is 7.45. The molecule has 116 valence electrons. The van der Waals surface area contributed by atoms with Crippen molar-refractivity contribution in [3.63, 3.8) is 0 Å². The van der Waals surface area contributed by atoms with Crippen molar-refractivity contribution in [2.24, 2.45) is 11.1 Å². The van der Waals surface area contributed by atoms with Crippen LogP contribution in [0.5, 0.6) is 0 Å². The van der Waals surface area contributed by atoms with Crippen molar-refractivity contribution in [3.8, 4) is 0 Å². The van der Waals surface area contributed by atoms with Crippen LogP contribution >= 0.6 is 0 Å². The molecule has 0 amide bonds. The van der Waals surface area contributed by atoms with E-state index in [4.69, 9.17) is 10.2 Å². The molecule has 4 N–H and O–H groups in total. The van der Waals surface area contributed by atoms with Crippen LogP contribution < -0.4 is 10.5 Å². The summed E-state index contributed by atoms with van der Waals surface area (Å²) < 4.78 is 22.3. The monoisotopic (exact) mass is 317 g/mol. The SMILES string of the molecule is CC(CCNc1ccc(S(N)(=O)=O)cc1[N+](=O)[O-])C(=O)O. The van der Waals surface area contributed by atoms with Gasteiger partial charge in [-0.05, 0) is 18.6 Å². The zero-order valence-electron chi connectivity index (χ0n) is 11.1. The molecule has 0 aliphatic carbocycles. The number of carboxylic acid groups (broad SMARTS) is 1. The van der Waals surface area contributed by atoms with E-state index in [2.05, 4.69) is 5.32 Å². The summed E-state index contributed by atoms with van der Waals surface area (Å²) in [5.74, 6) is -1.56. The molecule has 10 heteroatoms. The van der Waals surface area contributed by atoms with Gasteiger partial charge in [0.15, 0.2) is 0 Å². The molecule has 1 aromatic carbocycles. The number of primary sulfonamides is 1. The highest BCUT2D eigenvalue weighted by atomic mass is 32.2. The van der Waals surface area contributed by atoms with Crippen LogP contribution in [0.1, 0.15) is 13.3 Å². The number of hydrogen-bond acceptors (Lipinski definition) is 6. The number of nitrogens with one attached hydrogen (secondary N) is 1. The number of aliphatic carboxylic acids is 1. The second-order valence-electron chi connectivity index (χ2n) is 4.44. The Bertz CT molecular complexity index is 658. The van der Waals surface area contributed by atoms with Gasteiger partial charge in [0.1, 0.15) is 5.69 Å². The average molecular weight is 317 g/mol. The van der Waals surface area contributed by atoms with Gasteiger partial charge in [0.25, 0.3) is 5.69 Å². The average Bonchev–Trinajstić information content (AvgIpc) is 2.37. The normalized spacial score (nSPS) is 12.7. The van der Waals surface area contributed by atoms with E-state index < -0.39 is 32.5 Å². The summed E-state index contributed by atoms with van der Waals surface area (Å²) >= 11 is 0. The van der Waals surface area contributed by atoms with Gasteiger partial charge in [0.05, 0.1) is 15.7 Å². The van der Waals surface area contributed by atoms with E-state index in [-0.39, 0.29) is 23.5 Å². The Labute approximate surface area is 121 Å². The third-order valence-electron chi connectivity index (χ3n) is 2.81. The number of rotatable bonds is 7. The molecule has 0 heterocycles. The maximum atomic E-state index is 11.2. The van der Waals surface area contributed by atoms with Gasteiger partial charge < -0.3 is 10.4 Å². The van der Waals surface area contributed by atoms with Gasteiger partial charge in [-0.25, -0.2) is 13.6 Å². The van der Waals surface area contributed by atoms with Gasteiger partial charge >= 0.3 is 5.97 Å². The Morgan fingerprint density at radius 2 is 2.14 bits per heavy atom. The molecule has 0 aromatic heterocycles. The Balaban J connectivity index is 2.93. The maximum absolute atomic E-state index is 11.2. The number of carbonyl (C=O) groups is 1. The van der Waals surface area contributed by atoms with E-state index in [0.717, 1.165) is 12.1 Å². The van der Waals surface area contributed by atoms with Crippen molar-refractivity contribution in [1.29, 1.82) is 0 Å². The van der Waals surface area contributed by atoms with E-state index in [9.17, 15) is 23.3 Å². The molecule has 1 rings (SSSR count). The first-order chi connectivity index (χ1) is 9.62. The fourth-order valence-corrected chi connectivity index (χ4v) is 2.07. The van der Waals surface area contributed by atoms with Crippen LogP contribution in [0.25, 0.3) is 0 Å². The van der Waals surface area contributed by atoms with Gasteiger partial charge in [0, 0.05) is 12.6 Å². The molecule has 1 unspecified atom stereocenters. The van der Waals surface area contributed by atoms with Crippen molar-refractivity contribution in [1.82, 2.24) is 0 Å². The molecule has 0 fully saturated rings. The quantitative estimate of drug-likeness (QED) is 0.495. The molecule has 0 saturated heterocycles. The predicted molar refractivity (Wildman–Crippen MR) is 74.4 cm³/mol. The highest BCUT2D eigenvalue weighted by Crippen LogP contribution is 2.27. The Morgan fingerprint density at radius 1 is 1.52 bits per heavy atom. The summed E-state index contributed by atoms with van der Waals surface area (Å²) in [6, 6.07) is 3.23. The molecule has 1 aromatic rings. The van der Waals surface area contributed by atoms with Gasteiger partial charge in [0.2, 0.25) is 10.0 Å². The van der Waals surface area contributed by atoms with E-state index in [1.54, 1.807) is 0 Å². The lowest BCUT2D eigenvalue weighted by molar-refractivity contribution is -0.384. The molecule has 0 radical (unpaired) electrons. The number of carboxylic acids is 1. The minimum Gasteiger partial charge on any atom is -0.481 e. The van der Waals surface area contributed by atoms with Crippen molar-refractivity contribution < 1.29 is 23.2 Å². The van der Waals surface area contributed by atoms with E-state index in [1.165, 1.54) is 13.0 Å². The van der Waals surface area contributed by atoms with Gasteiger partial charge in [-0.15, -0.1) is 0 Å². The van der Waals surface area contributed by atoms with Crippen LogP contribution in [0.4, 0.5) is 11.4 Å². The Hall–Kier alpha value is -2.20. The topological polar surface area (TPSA) is 153 Å². The van der Waals surface area contributed by atoms with Crippen molar-refractivity contribution in [2.45, 2.75) is 18.2 Å². The molecule has 9 nitrogen and oxygen atoms in total. The summed E-state index contributed by atoms with van der Waals surface area (Å²) in [5.41, 5.74) is -0.338. The van der Waals surface area contributed by atoms with Crippen LogP contribution in [0.3, 0.4) is 0 Å². The van der Waals surface area contributed by atoms with Crippen LogP contribution in [-0.4, -0.2) is 31.0 Å². The predicted octanol–water partition coefficient (Wildman–Crippen LogP) is 0.765. The smallest absolute Gasteiger partial charge is 0.306 e. The van der Waals surface area contributed by atoms with Crippen LogP contribution in [0.2, 0.25) is 0 Å². The van der Waals surface area contributed by atoms with Crippen LogP contribution in [0.15, 0.2) is 23.1 Å². The number of nitro groups is 1. The third kappa shape index (κ3) is 4.68. The molecular weight excluding hydrogens is 302 g/mol. The number of nitro benzene ring substituents is 1. The zero-order valence-corrected chi connectivity index (χ0v) is 12.0. The number of nitrogens with two attached hydrogens (primary N) is 1. The summed E-state index contributed by atoms with van der Waals surface area (Å²) in [4.78, 5) is 20.5. The fraction of sp³-hybridized carbons (Fsp3) is 0.364. The minimum atomic E-state index is -4.03. The van der Waals surface area contributed by atoms with Crippen LogP contribution in [0, 0.1) is 16.0 Å². The molecular formula is C11H15N3O6S. The summed E-state index contributed by atoms with van der Waals surface area (Å²) in [5, 5.41) is 27.3. The number of benzene rings is 1. The molecule has 21 heavy (non-hydrogen) atoms. The lowest BCUT2D eigenvalue weighted by atomic mass is 10.1. The first kappa shape index (κ1) is 16.9. The summed E-state index contributed by atoms with van der Waals surface area (Å²) in [6.45, 7) is 1.71. The standard InChI is InChI=1S/C11H15N3O6S/c1-7(11(15)16)4-5-13-9-3-2-8(21(12,19)20)6-10(9)14(17)18/h2-3,6-7,13H,4-5H2,1H3,(H,15,16)(H2,12,19,20). The van der Waals surface area contributed by atoms with Gasteiger partial charge in [-0.1, -0.05) is 6.92 Å². The maximum Gasteiger partial charge on any atom is 0.306 e. The number of hydrogen-bond donors (Lipinski definition) is 3. The second kappa shape index (κ2) is 6.50. The Morgan fingerprint density at radius 3 is 2.62 bits per heavy atom. The number of sulfonamides is 1. The van der Waals surface area contributed by atoms with E-state index in [1.807, 2.05) is 0 Å².